The van der Waals surface area contributed by atoms with Crippen molar-refractivity contribution in [2.75, 3.05) is 29.5 Å². The Hall–Kier alpha value is -0.870. The van der Waals surface area contributed by atoms with Crippen LogP contribution in [0.15, 0.2) is 18.2 Å². The predicted octanol–water partition coefficient (Wildman–Crippen LogP) is 1.45. The largest absolute Gasteiger partial charge is 0.369 e. The second-order valence-corrected chi connectivity index (χ2v) is 6.83. The molecule has 0 radical (unpaired) electrons. The highest BCUT2D eigenvalue weighted by atomic mass is 32.2. The average Bonchev–Trinajstić information content (AvgIpc) is 2.30. The second kappa shape index (κ2) is 5.85. The Morgan fingerprint density at radius 2 is 2.06 bits per heavy atom. The van der Waals surface area contributed by atoms with Gasteiger partial charge in [-0.3, -0.25) is 4.21 Å². The number of aryl methyl sites for hydroxylation is 1. The molecule has 1 aliphatic heterocycles. The van der Waals surface area contributed by atoms with Crippen LogP contribution >= 0.6 is 0 Å². The van der Waals surface area contributed by atoms with Crippen molar-refractivity contribution in [2.45, 2.75) is 26.3 Å². The first kappa shape index (κ1) is 13.6. The van der Waals surface area contributed by atoms with E-state index in [0.717, 1.165) is 31.0 Å². The SMILES string of the molecule is Cc1cc(CC(C)N)ccc1N1CCS(=O)CC1. The van der Waals surface area contributed by atoms with Crippen molar-refractivity contribution in [3.05, 3.63) is 29.3 Å². The maximum atomic E-state index is 11.4. The molecule has 1 aromatic rings. The van der Waals surface area contributed by atoms with Crippen molar-refractivity contribution in [3.8, 4) is 0 Å². The Bertz CT molecular complexity index is 435. The molecule has 0 amide bonds. The summed E-state index contributed by atoms with van der Waals surface area (Å²) in [5.74, 6) is 1.59. The van der Waals surface area contributed by atoms with Gasteiger partial charge in [0.15, 0.2) is 0 Å². The number of benzene rings is 1. The third-order valence-electron chi connectivity index (χ3n) is 3.34. The van der Waals surface area contributed by atoms with Gasteiger partial charge in [0.25, 0.3) is 0 Å². The van der Waals surface area contributed by atoms with Crippen LogP contribution in [0.3, 0.4) is 0 Å². The topological polar surface area (TPSA) is 46.3 Å². The molecule has 1 heterocycles. The number of hydrogen-bond acceptors (Lipinski definition) is 3. The highest BCUT2D eigenvalue weighted by molar-refractivity contribution is 7.85. The van der Waals surface area contributed by atoms with Crippen LogP contribution in [0.1, 0.15) is 18.1 Å². The van der Waals surface area contributed by atoms with Crippen LogP contribution < -0.4 is 10.6 Å². The van der Waals surface area contributed by atoms with Crippen LogP contribution in [0.5, 0.6) is 0 Å². The monoisotopic (exact) mass is 266 g/mol. The molecule has 100 valence electrons. The fraction of sp³-hybridized carbons (Fsp3) is 0.571. The molecule has 0 saturated carbocycles. The number of nitrogens with two attached hydrogens (primary N) is 1. The summed E-state index contributed by atoms with van der Waals surface area (Å²) in [5, 5.41) is 0. The average molecular weight is 266 g/mol. The number of hydrogen-bond donors (Lipinski definition) is 1. The third kappa shape index (κ3) is 3.33. The van der Waals surface area contributed by atoms with Gasteiger partial charge in [-0.15, -0.1) is 0 Å². The molecule has 1 aliphatic rings. The van der Waals surface area contributed by atoms with E-state index in [1.165, 1.54) is 16.8 Å². The minimum Gasteiger partial charge on any atom is -0.369 e. The van der Waals surface area contributed by atoms with Crippen LogP contribution in [0.25, 0.3) is 0 Å². The number of anilines is 1. The number of nitrogens with zero attached hydrogens (tertiary/aromatic N) is 1. The molecule has 0 bridgehead atoms. The van der Waals surface area contributed by atoms with Gasteiger partial charge in [-0.1, -0.05) is 12.1 Å². The van der Waals surface area contributed by atoms with Crippen LogP contribution in [-0.2, 0) is 17.2 Å². The molecule has 1 atom stereocenters. The van der Waals surface area contributed by atoms with Gasteiger partial charge in [0.1, 0.15) is 0 Å². The van der Waals surface area contributed by atoms with E-state index in [9.17, 15) is 4.21 Å². The second-order valence-electron chi connectivity index (χ2n) is 5.14. The van der Waals surface area contributed by atoms with Crippen LogP contribution in [-0.4, -0.2) is 34.8 Å². The van der Waals surface area contributed by atoms with Crippen LogP contribution in [0.4, 0.5) is 5.69 Å². The van der Waals surface area contributed by atoms with Crippen LogP contribution in [0, 0.1) is 6.92 Å². The summed E-state index contributed by atoms with van der Waals surface area (Å²) < 4.78 is 11.4. The van der Waals surface area contributed by atoms with Gasteiger partial charge in [0.05, 0.1) is 0 Å². The lowest BCUT2D eigenvalue weighted by Gasteiger charge is -2.30. The lowest BCUT2D eigenvalue weighted by molar-refractivity contribution is 0.673. The van der Waals surface area contributed by atoms with E-state index in [1.54, 1.807) is 0 Å². The van der Waals surface area contributed by atoms with E-state index < -0.39 is 10.8 Å². The first-order valence-corrected chi connectivity index (χ1v) is 8.00. The smallest absolute Gasteiger partial charge is 0.0411 e. The molecule has 18 heavy (non-hydrogen) atoms. The molecule has 2 rings (SSSR count). The summed E-state index contributed by atoms with van der Waals surface area (Å²) >= 11 is 0. The quantitative estimate of drug-likeness (QED) is 0.901. The summed E-state index contributed by atoms with van der Waals surface area (Å²) in [6.45, 7) is 5.98. The molecule has 1 fully saturated rings. The van der Waals surface area contributed by atoms with Crippen LogP contribution in [0.2, 0.25) is 0 Å². The summed E-state index contributed by atoms with van der Waals surface area (Å²) in [7, 11) is -0.612. The minimum atomic E-state index is -0.612. The molecule has 4 heteroatoms. The van der Waals surface area contributed by atoms with Crippen molar-refractivity contribution in [1.82, 2.24) is 0 Å². The fourth-order valence-electron chi connectivity index (χ4n) is 2.45. The summed E-state index contributed by atoms with van der Waals surface area (Å²) in [4.78, 5) is 2.34. The fourth-order valence-corrected chi connectivity index (χ4v) is 3.50. The summed E-state index contributed by atoms with van der Waals surface area (Å²) in [6.07, 6.45) is 0.922. The molecule has 3 nitrogen and oxygen atoms in total. The van der Waals surface area contributed by atoms with E-state index in [0.29, 0.717) is 0 Å². The standard InChI is InChI=1S/C14H22N2OS/c1-11-9-13(10-12(2)15)3-4-14(11)16-5-7-18(17)8-6-16/h3-4,9,12H,5-8,10,15H2,1-2H3. The summed E-state index contributed by atoms with van der Waals surface area (Å²) in [5.41, 5.74) is 9.69. The molecule has 1 aromatic carbocycles. The zero-order valence-corrected chi connectivity index (χ0v) is 12.0. The van der Waals surface area contributed by atoms with E-state index >= 15 is 0 Å². The summed E-state index contributed by atoms with van der Waals surface area (Å²) in [6, 6.07) is 6.77. The van der Waals surface area contributed by atoms with E-state index in [2.05, 4.69) is 30.0 Å². The lowest BCUT2D eigenvalue weighted by Crippen LogP contribution is -2.38. The van der Waals surface area contributed by atoms with Crippen molar-refractivity contribution in [3.63, 3.8) is 0 Å². The first-order chi connectivity index (χ1) is 8.56. The molecule has 2 N–H and O–H groups in total. The maximum absolute atomic E-state index is 11.4. The Morgan fingerprint density at radius 1 is 1.39 bits per heavy atom. The van der Waals surface area contributed by atoms with Crippen molar-refractivity contribution < 1.29 is 4.21 Å². The molecular weight excluding hydrogens is 244 g/mol. The minimum absolute atomic E-state index is 0.202. The van der Waals surface area contributed by atoms with Crippen molar-refractivity contribution in [2.24, 2.45) is 5.73 Å². The van der Waals surface area contributed by atoms with Gasteiger partial charge in [0.2, 0.25) is 0 Å². The molecule has 1 unspecified atom stereocenters. The number of rotatable bonds is 3. The Kier molecular flexibility index (Phi) is 4.40. The molecule has 0 aromatic heterocycles. The Balaban J connectivity index is 2.12. The highest BCUT2D eigenvalue weighted by Crippen LogP contribution is 2.23. The van der Waals surface area contributed by atoms with Gasteiger partial charge >= 0.3 is 0 Å². The van der Waals surface area contributed by atoms with Gasteiger partial charge in [-0.25, -0.2) is 0 Å². The van der Waals surface area contributed by atoms with Crippen molar-refractivity contribution >= 4 is 16.5 Å². The molecular formula is C14H22N2OS. The van der Waals surface area contributed by atoms with Gasteiger partial charge < -0.3 is 10.6 Å². The van der Waals surface area contributed by atoms with Crippen molar-refractivity contribution in [1.29, 1.82) is 0 Å². The van der Waals surface area contributed by atoms with Gasteiger partial charge in [-0.05, 0) is 37.5 Å². The van der Waals surface area contributed by atoms with E-state index in [1.807, 2.05) is 6.92 Å². The highest BCUT2D eigenvalue weighted by Gasteiger charge is 2.17. The normalized spacial score (nSPS) is 18.9. The maximum Gasteiger partial charge on any atom is 0.0411 e. The Labute approximate surface area is 112 Å². The first-order valence-electron chi connectivity index (χ1n) is 6.51. The molecule has 0 spiro atoms. The van der Waals surface area contributed by atoms with E-state index in [4.69, 9.17) is 5.73 Å². The zero-order chi connectivity index (χ0) is 13.1. The zero-order valence-electron chi connectivity index (χ0n) is 11.2. The third-order valence-corrected chi connectivity index (χ3v) is 4.61. The van der Waals surface area contributed by atoms with Gasteiger partial charge in [0, 0.05) is 47.1 Å². The van der Waals surface area contributed by atoms with Gasteiger partial charge in [-0.2, -0.15) is 0 Å². The molecule has 0 aliphatic carbocycles. The predicted molar refractivity (Wildman–Crippen MR) is 78.6 cm³/mol. The Morgan fingerprint density at radius 3 is 2.61 bits per heavy atom. The lowest BCUT2D eigenvalue weighted by atomic mass is 10.0. The molecule has 1 saturated heterocycles. The van der Waals surface area contributed by atoms with E-state index in [-0.39, 0.29) is 6.04 Å².